The van der Waals surface area contributed by atoms with E-state index >= 15 is 0 Å². The van der Waals surface area contributed by atoms with Crippen molar-refractivity contribution in [2.45, 2.75) is 6.42 Å². The summed E-state index contributed by atoms with van der Waals surface area (Å²) >= 11 is 0. The summed E-state index contributed by atoms with van der Waals surface area (Å²) in [6, 6.07) is 6.08. The fourth-order valence-corrected chi connectivity index (χ4v) is 1.89. The maximum Gasteiger partial charge on any atom is 0.231 e. The molecule has 0 spiro atoms. The third-order valence-corrected chi connectivity index (χ3v) is 2.71. The Kier molecular flexibility index (Phi) is 2.10. The molecular formula is C12H12O3. The van der Waals surface area contributed by atoms with E-state index in [1.807, 2.05) is 12.1 Å². The van der Waals surface area contributed by atoms with Crippen molar-refractivity contribution >= 4 is 5.57 Å². The minimum absolute atomic E-state index is 0.334. The Bertz CT molecular complexity index is 409. The van der Waals surface area contributed by atoms with Gasteiger partial charge in [0.05, 0.1) is 13.2 Å². The molecule has 0 saturated heterocycles. The number of fused-ring (bicyclic) bond motifs is 1. The number of hydrogen-bond acceptors (Lipinski definition) is 3. The molecule has 0 aromatic heterocycles. The van der Waals surface area contributed by atoms with Gasteiger partial charge in [-0.1, -0.05) is 12.1 Å². The fourth-order valence-electron chi connectivity index (χ4n) is 1.89. The quantitative estimate of drug-likeness (QED) is 0.702. The van der Waals surface area contributed by atoms with Crippen molar-refractivity contribution < 1.29 is 14.2 Å². The molecule has 3 rings (SSSR count). The molecule has 0 atom stereocenters. The van der Waals surface area contributed by atoms with Crippen LogP contribution < -0.4 is 9.47 Å². The highest BCUT2D eigenvalue weighted by Crippen LogP contribution is 2.35. The third-order valence-electron chi connectivity index (χ3n) is 2.71. The molecule has 0 amide bonds. The Morgan fingerprint density at radius 1 is 1.07 bits per heavy atom. The second-order valence-electron chi connectivity index (χ2n) is 3.62. The molecule has 2 aliphatic rings. The van der Waals surface area contributed by atoms with Crippen molar-refractivity contribution in [1.82, 2.24) is 0 Å². The molecule has 0 unspecified atom stereocenters. The first-order valence-corrected chi connectivity index (χ1v) is 5.10. The van der Waals surface area contributed by atoms with Gasteiger partial charge < -0.3 is 14.2 Å². The molecule has 15 heavy (non-hydrogen) atoms. The molecule has 0 radical (unpaired) electrons. The zero-order valence-corrected chi connectivity index (χ0v) is 8.36. The Morgan fingerprint density at radius 3 is 2.87 bits per heavy atom. The monoisotopic (exact) mass is 204 g/mol. The standard InChI is InChI=1S/C12H12O3/c1-2-11-12(15-8-14-11)7-10(1)9-3-5-13-6-4-9/h1-3,7H,4-6,8H2. The highest BCUT2D eigenvalue weighted by Gasteiger charge is 2.15. The molecule has 2 aliphatic heterocycles. The van der Waals surface area contributed by atoms with Crippen LogP contribution in [0.2, 0.25) is 0 Å². The summed E-state index contributed by atoms with van der Waals surface area (Å²) < 4.78 is 15.9. The van der Waals surface area contributed by atoms with Crippen LogP contribution in [-0.2, 0) is 4.74 Å². The zero-order valence-electron chi connectivity index (χ0n) is 8.36. The van der Waals surface area contributed by atoms with Crippen molar-refractivity contribution in [2.75, 3.05) is 20.0 Å². The number of rotatable bonds is 1. The van der Waals surface area contributed by atoms with Crippen molar-refractivity contribution in [3.8, 4) is 11.5 Å². The molecule has 0 fully saturated rings. The predicted molar refractivity (Wildman–Crippen MR) is 56.0 cm³/mol. The van der Waals surface area contributed by atoms with E-state index in [-0.39, 0.29) is 0 Å². The third kappa shape index (κ3) is 1.59. The average molecular weight is 204 g/mol. The fraction of sp³-hybridized carbons (Fsp3) is 0.333. The molecular weight excluding hydrogens is 192 g/mol. The van der Waals surface area contributed by atoms with E-state index < -0.39 is 0 Å². The van der Waals surface area contributed by atoms with Gasteiger partial charge in [-0.2, -0.15) is 0 Å². The van der Waals surface area contributed by atoms with Crippen LogP contribution in [0.1, 0.15) is 12.0 Å². The van der Waals surface area contributed by atoms with E-state index in [9.17, 15) is 0 Å². The van der Waals surface area contributed by atoms with Crippen molar-refractivity contribution in [3.63, 3.8) is 0 Å². The minimum atomic E-state index is 0.334. The number of ether oxygens (including phenoxy) is 3. The summed E-state index contributed by atoms with van der Waals surface area (Å²) in [5, 5.41) is 0. The lowest BCUT2D eigenvalue weighted by atomic mass is 10.0. The van der Waals surface area contributed by atoms with Crippen molar-refractivity contribution in [2.24, 2.45) is 0 Å². The SMILES string of the molecule is C1=C(c2ccc3c(c2)OCO3)CCOC1. The first-order chi connectivity index (χ1) is 7.43. The van der Waals surface area contributed by atoms with E-state index in [0.29, 0.717) is 13.4 Å². The lowest BCUT2D eigenvalue weighted by Gasteiger charge is -2.13. The van der Waals surface area contributed by atoms with Crippen LogP contribution in [-0.4, -0.2) is 20.0 Å². The summed E-state index contributed by atoms with van der Waals surface area (Å²) in [7, 11) is 0. The van der Waals surface area contributed by atoms with Gasteiger partial charge in [0.15, 0.2) is 11.5 Å². The molecule has 0 aliphatic carbocycles. The molecule has 1 aromatic carbocycles. The Hall–Kier alpha value is -1.48. The molecule has 0 saturated carbocycles. The summed E-state index contributed by atoms with van der Waals surface area (Å²) in [6.07, 6.45) is 3.10. The zero-order chi connectivity index (χ0) is 10.1. The van der Waals surface area contributed by atoms with Gasteiger partial charge in [-0.25, -0.2) is 0 Å². The van der Waals surface area contributed by atoms with Crippen LogP contribution in [0.25, 0.3) is 5.57 Å². The highest BCUT2D eigenvalue weighted by molar-refractivity contribution is 5.68. The second kappa shape index (κ2) is 3.59. The van der Waals surface area contributed by atoms with Crippen LogP contribution in [0.15, 0.2) is 24.3 Å². The van der Waals surface area contributed by atoms with Crippen LogP contribution in [0, 0.1) is 0 Å². The molecule has 3 nitrogen and oxygen atoms in total. The van der Waals surface area contributed by atoms with Gasteiger partial charge in [0.2, 0.25) is 6.79 Å². The van der Waals surface area contributed by atoms with Gasteiger partial charge in [-0.15, -0.1) is 0 Å². The highest BCUT2D eigenvalue weighted by atomic mass is 16.7. The molecule has 2 heterocycles. The van der Waals surface area contributed by atoms with E-state index in [0.717, 1.165) is 24.5 Å². The van der Waals surface area contributed by atoms with Gasteiger partial charge in [0.1, 0.15) is 0 Å². The number of benzene rings is 1. The van der Waals surface area contributed by atoms with Gasteiger partial charge in [0.25, 0.3) is 0 Å². The lowest BCUT2D eigenvalue weighted by Crippen LogP contribution is -2.03. The maximum atomic E-state index is 5.35. The lowest BCUT2D eigenvalue weighted by molar-refractivity contribution is 0.161. The Balaban J connectivity index is 1.95. The van der Waals surface area contributed by atoms with E-state index in [2.05, 4.69) is 12.1 Å². The van der Waals surface area contributed by atoms with Crippen molar-refractivity contribution in [1.29, 1.82) is 0 Å². The second-order valence-corrected chi connectivity index (χ2v) is 3.62. The summed E-state index contributed by atoms with van der Waals surface area (Å²) in [5.74, 6) is 1.69. The number of hydrogen-bond donors (Lipinski definition) is 0. The van der Waals surface area contributed by atoms with E-state index in [4.69, 9.17) is 14.2 Å². The van der Waals surface area contributed by atoms with E-state index in [1.54, 1.807) is 0 Å². The smallest absolute Gasteiger partial charge is 0.231 e. The summed E-state index contributed by atoms with van der Waals surface area (Å²) in [6.45, 7) is 1.85. The van der Waals surface area contributed by atoms with Crippen LogP contribution in [0.5, 0.6) is 11.5 Å². The van der Waals surface area contributed by atoms with Gasteiger partial charge in [-0.05, 0) is 29.7 Å². The van der Waals surface area contributed by atoms with E-state index in [1.165, 1.54) is 11.1 Å². The molecule has 0 bridgehead atoms. The van der Waals surface area contributed by atoms with Crippen LogP contribution >= 0.6 is 0 Å². The molecule has 0 N–H and O–H groups in total. The average Bonchev–Trinajstić information content (AvgIpc) is 2.77. The first kappa shape index (κ1) is 8.80. The summed E-state index contributed by atoms with van der Waals surface area (Å²) in [5.41, 5.74) is 2.54. The molecule has 1 aromatic rings. The maximum absolute atomic E-state index is 5.35. The Labute approximate surface area is 88.3 Å². The first-order valence-electron chi connectivity index (χ1n) is 5.10. The molecule has 3 heteroatoms. The Morgan fingerprint density at radius 2 is 2.00 bits per heavy atom. The van der Waals surface area contributed by atoms with Crippen molar-refractivity contribution in [3.05, 3.63) is 29.8 Å². The summed E-state index contributed by atoms with van der Waals surface area (Å²) in [4.78, 5) is 0. The predicted octanol–water partition coefficient (Wildman–Crippen LogP) is 2.22. The topological polar surface area (TPSA) is 27.7 Å². The van der Waals surface area contributed by atoms with Crippen LogP contribution in [0.4, 0.5) is 0 Å². The van der Waals surface area contributed by atoms with Crippen LogP contribution in [0.3, 0.4) is 0 Å². The normalized spacial score (nSPS) is 18.8. The minimum Gasteiger partial charge on any atom is -0.454 e. The van der Waals surface area contributed by atoms with Gasteiger partial charge >= 0.3 is 0 Å². The van der Waals surface area contributed by atoms with Gasteiger partial charge in [-0.3, -0.25) is 0 Å². The largest absolute Gasteiger partial charge is 0.454 e. The van der Waals surface area contributed by atoms with Gasteiger partial charge in [0, 0.05) is 0 Å². The molecule has 78 valence electrons.